The van der Waals surface area contributed by atoms with Crippen LogP contribution in [0, 0.1) is 0 Å². The topological polar surface area (TPSA) is 3.24 Å². The van der Waals surface area contributed by atoms with Gasteiger partial charge >= 0.3 is 0 Å². The molecule has 0 amide bonds. The van der Waals surface area contributed by atoms with Gasteiger partial charge in [-0.3, -0.25) is 0 Å². The molecule has 0 unspecified atom stereocenters. The average molecular weight is 686 g/mol. The standard InChI is InChI=1S/C53H35N/c1-2-12-35(13-3-1)41-32-52-49-27-25-37-15-5-8-21-45(37)48(49)28-29-50(52)53(33-41)54(43-26-24-40-30-38-16-6-9-22-47(38)51(40)34-43)42-19-10-18-39(31-42)46-23-11-17-36-14-4-7-20-44(36)46/h1-29,31-34H,30H2. The average Bonchev–Trinajstić information content (AvgIpc) is 3.62. The Balaban J connectivity index is 1.21. The number of rotatable bonds is 5. The van der Waals surface area contributed by atoms with E-state index >= 15 is 0 Å². The fraction of sp³-hybridized carbons (Fsp3) is 0.0189. The molecule has 1 aliphatic rings. The number of hydrogen-bond acceptors (Lipinski definition) is 1. The summed E-state index contributed by atoms with van der Waals surface area (Å²) in [5.74, 6) is 0. The minimum atomic E-state index is 0.967. The molecule has 0 N–H and O–H groups in total. The van der Waals surface area contributed by atoms with Crippen LogP contribution in [-0.2, 0) is 6.42 Å². The van der Waals surface area contributed by atoms with Crippen molar-refractivity contribution in [3.05, 3.63) is 211 Å². The van der Waals surface area contributed by atoms with Crippen molar-refractivity contribution in [1.29, 1.82) is 0 Å². The lowest BCUT2D eigenvalue weighted by Crippen LogP contribution is -2.11. The second-order valence-electron chi connectivity index (χ2n) is 14.5. The molecule has 0 fully saturated rings. The van der Waals surface area contributed by atoms with Crippen LogP contribution in [0.4, 0.5) is 17.1 Å². The summed E-state index contributed by atoms with van der Waals surface area (Å²) in [5, 5.41) is 10.0. The third kappa shape index (κ3) is 4.94. The van der Waals surface area contributed by atoms with E-state index < -0.39 is 0 Å². The zero-order valence-electron chi connectivity index (χ0n) is 29.7. The summed E-state index contributed by atoms with van der Waals surface area (Å²) in [6, 6.07) is 74.0. The summed E-state index contributed by atoms with van der Waals surface area (Å²) < 4.78 is 0. The normalized spacial score (nSPS) is 12.0. The second-order valence-corrected chi connectivity index (χ2v) is 14.5. The van der Waals surface area contributed by atoms with Gasteiger partial charge in [0.2, 0.25) is 0 Å². The highest BCUT2D eigenvalue weighted by Gasteiger charge is 2.23. The quantitative estimate of drug-likeness (QED) is 0.163. The Labute approximate surface area is 315 Å². The van der Waals surface area contributed by atoms with Crippen LogP contribution in [0.2, 0.25) is 0 Å². The van der Waals surface area contributed by atoms with Crippen LogP contribution in [-0.4, -0.2) is 0 Å². The van der Waals surface area contributed by atoms with Gasteiger partial charge < -0.3 is 4.90 Å². The molecule has 0 atom stereocenters. The summed E-state index contributed by atoms with van der Waals surface area (Å²) in [6.45, 7) is 0. The molecule has 0 aliphatic heterocycles. The summed E-state index contributed by atoms with van der Waals surface area (Å²) in [4.78, 5) is 2.50. The van der Waals surface area contributed by atoms with E-state index in [0.29, 0.717) is 0 Å². The van der Waals surface area contributed by atoms with Crippen LogP contribution in [0.25, 0.3) is 76.5 Å². The molecule has 10 aromatic rings. The SMILES string of the molecule is c1ccc(-c2cc(N(c3cccc(-c4cccc5ccccc45)c3)c3ccc4c(c3)-c3ccccc3C4)c3ccc4c5ccccc5ccc4c3c2)cc1. The molecule has 0 saturated carbocycles. The number of benzene rings is 10. The van der Waals surface area contributed by atoms with Crippen molar-refractivity contribution in [3.8, 4) is 33.4 Å². The van der Waals surface area contributed by atoms with Crippen LogP contribution in [0.5, 0.6) is 0 Å². The number of fused-ring (bicyclic) bond motifs is 9. The van der Waals surface area contributed by atoms with E-state index in [9.17, 15) is 0 Å². The minimum Gasteiger partial charge on any atom is -0.310 e. The van der Waals surface area contributed by atoms with Crippen molar-refractivity contribution in [2.45, 2.75) is 6.42 Å². The largest absolute Gasteiger partial charge is 0.310 e. The highest BCUT2D eigenvalue weighted by molar-refractivity contribution is 6.20. The molecule has 0 heterocycles. The van der Waals surface area contributed by atoms with Gasteiger partial charge in [0.1, 0.15) is 0 Å². The first-order chi connectivity index (χ1) is 26.8. The van der Waals surface area contributed by atoms with E-state index in [0.717, 1.165) is 23.5 Å². The van der Waals surface area contributed by atoms with Gasteiger partial charge in [-0.25, -0.2) is 0 Å². The molecule has 252 valence electrons. The lowest BCUT2D eigenvalue weighted by molar-refractivity contribution is 1.25. The number of nitrogens with zero attached hydrogens (tertiary/aromatic N) is 1. The van der Waals surface area contributed by atoms with Gasteiger partial charge in [0, 0.05) is 16.8 Å². The summed E-state index contributed by atoms with van der Waals surface area (Å²) >= 11 is 0. The number of anilines is 3. The third-order valence-electron chi connectivity index (χ3n) is 11.4. The molecule has 1 nitrogen and oxygen atoms in total. The van der Waals surface area contributed by atoms with Crippen molar-refractivity contribution in [2.24, 2.45) is 0 Å². The fourth-order valence-electron chi connectivity index (χ4n) is 8.86. The van der Waals surface area contributed by atoms with E-state index in [-0.39, 0.29) is 0 Å². The molecule has 54 heavy (non-hydrogen) atoms. The molecule has 1 aliphatic carbocycles. The number of hydrogen-bond donors (Lipinski definition) is 0. The zero-order valence-corrected chi connectivity index (χ0v) is 29.7. The lowest BCUT2D eigenvalue weighted by atomic mass is 9.92. The van der Waals surface area contributed by atoms with Crippen LogP contribution < -0.4 is 4.90 Å². The monoisotopic (exact) mass is 685 g/mol. The Morgan fingerprint density at radius 1 is 0.296 bits per heavy atom. The van der Waals surface area contributed by atoms with Crippen molar-refractivity contribution in [3.63, 3.8) is 0 Å². The first kappa shape index (κ1) is 30.6. The lowest BCUT2D eigenvalue weighted by Gasteiger charge is -2.29. The van der Waals surface area contributed by atoms with Gasteiger partial charge in [0.05, 0.1) is 5.69 Å². The minimum absolute atomic E-state index is 0.967. The fourth-order valence-corrected chi connectivity index (χ4v) is 8.86. The van der Waals surface area contributed by atoms with Gasteiger partial charge in [0.15, 0.2) is 0 Å². The molecule has 0 bridgehead atoms. The molecule has 0 saturated heterocycles. The van der Waals surface area contributed by atoms with Crippen LogP contribution >= 0.6 is 0 Å². The summed E-state index contributed by atoms with van der Waals surface area (Å²) in [5.41, 5.74) is 13.7. The molecule has 0 spiro atoms. The van der Waals surface area contributed by atoms with Gasteiger partial charge in [-0.05, 0) is 125 Å². The first-order valence-corrected chi connectivity index (χ1v) is 18.8. The van der Waals surface area contributed by atoms with Crippen LogP contribution in [0.15, 0.2) is 200 Å². The smallest absolute Gasteiger partial charge is 0.0546 e. The first-order valence-electron chi connectivity index (χ1n) is 18.8. The second kappa shape index (κ2) is 12.3. The van der Waals surface area contributed by atoms with Crippen LogP contribution in [0.1, 0.15) is 11.1 Å². The Morgan fingerprint density at radius 2 is 0.926 bits per heavy atom. The van der Waals surface area contributed by atoms with Gasteiger partial charge in [-0.1, -0.05) is 164 Å². The van der Waals surface area contributed by atoms with Crippen molar-refractivity contribution in [2.75, 3.05) is 4.90 Å². The Morgan fingerprint density at radius 3 is 1.83 bits per heavy atom. The highest BCUT2D eigenvalue weighted by Crippen LogP contribution is 2.47. The Kier molecular flexibility index (Phi) is 7.00. The van der Waals surface area contributed by atoms with Crippen molar-refractivity contribution in [1.82, 2.24) is 0 Å². The maximum absolute atomic E-state index is 2.50. The van der Waals surface area contributed by atoms with Crippen LogP contribution in [0.3, 0.4) is 0 Å². The van der Waals surface area contributed by atoms with Gasteiger partial charge in [-0.2, -0.15) is 0 Å². The summed E-state index contributed by atoms with van der Waals surface area (Å²) in [6.07, 6.45) is 0.967. The van der Waals surface area contributed by atoms with Crippen molar-refractivity contribution < 1.29 is 0 Å². The molecule has 10 aromatic carbocycles. The predicted molar refractivity (Wildman–Crippen MR) is 230 cm³/mol. The van der Waals surface area contributed by atoms with Gasteiger partial charge in [-0.15, -0.1) is 0 Å². The van der Waals surface area contributed by atoms with E-state index in [1.807, 2.05) is 0 Å². The summed E-state index contributed by atoms with van der Waals surface area (Å²) in [7, 11) is 0. The van der Waals surface area contributed by atoms with Crippen molar-refractivity contribution >= 4 is 60.2 Å². The third-order valence-corrected chi connectivity index (χ3v) is 11.4. The molecule has 1 heteroatoms. The highest BCUT2D eigenvalue weighted by atomic mass is 15.1. The van der Waals surface area contributed by atoms with E-state index in [1.54, 1.807) is 0 Å². The molecule has 0 aromatic heterocycles. The molecular formula is C53H35N. The van der Waals surface area contributed by atoms with E-state index in [2.05, 4.69) is 205 Å². The zero-order chi connectivity index (χ0) is 35.6. The van der Waals surface area contributed by atoms with Gasteiger partial charge in [0.25, 0.3) is 0 Å². The Hall–Kier alpha value is -6.96. The molecule has 11 rings (SSSR count). The maximum atomic E-state index is 2.50. The maximum Gasteiger partial charge on any atom is 0.0546 e. The molecule has 0 radical (unpaired) electrons. The van der Waals surface area contributed by atoms with E-state index in [1.165, 1.54) is 87.6 Å². The van der Waals surface area contributed by atoms with E-state index in [4.69, 9.17) is 0 Å². The predicted octanol–water partition coefficient (Wildman–Crippen LogP) is 14.7. The Bertz CT molecular complexity index is 3080. The molecular weight excluding hydrogens is 651 g/mol.